The maximum atomic E-state index is 11.7. The fourth-order valence-electron chi connectivity index (χ4n) is 1.86. The summed E-state index contributed by atoms with van der Waals surface area (Å²) in [6.45, 7) is 3.37. The lowest BCUT2D eigenvalue weighted by atomic mass is 10.1. The van der Waals surface area contributed by atoms with Gasteiger partial charge in [0.15, 0.2) is 0 Å². The van der Waals surface area contributed by atoms with Crippen LogP contribution in [0.5, 0.6) is 0 Å². The first-order valence-corrected chi connectivity index (χ1v) is 5.36. The van der Waals surface area contributed by atoms with E-state index in [0.29, 0.717) is 18.8 Å². The number of non-ortho nitro benzene ring substituents is 1. The van der Waals surface area contributed by atoms with Crippen molar-refractivity contribution in [1.29, 1.82) is 0 Å². The minimum atomic E-state index is -0.449. The Bertz CT molecular complexity index is 473. The second kappa shape index (κ2) is 4.50. The monoisotopic (exact) mass is 235 g/mol. The molecule has 17 heavy (non-hydrogen) atoms. The molecule has 0 spiro atoms. The lowest BCUT2D eigenvalue weighted by Crippen LogP contribution is -2.48. The van der Waals surface area contributed by atoms with Gasteiger partial charge in [-0.25, -0.2) is 0 Å². The standard InChI is InChI=1S/C11H13N3O3/c1-8-2-3-9(14(16)17)6-10(8)13-5-4-12-7-11(13)15/h2-3,6,12H,4-5,7H2,1H3. The fourth-order valence-corrected chi connectivity index (χ4v) is 1.86. The molecule has 0 unspecified atom stereocenters. The molecular weight excluding hydrogens is 222 g/mol. The minimum absolute atomic E-state index is 0.0110. The Hall–Kier alpha value is -1.95. The summed E-state index contributed by atoms with van der Waals surface area (Å²) < 4.78 is 0. The number of benzene rings is 1. The van der Waals surface area contributed by atoms with Crippen LogP contribution in [0.15, 0.2) is 18.2 Å². The zero-order valence-corrected chi connectivity index (χ0v) is 9.47. The van der Waals surface area contributed by atoms with Crippen molar-refractivity contribution in [2.45, 2.75) is 6.92 Å². The molecule has 0 saturated carbocycles. The van der Waals surface area contributed by atoms with Crippen molar-refractivity contribution in [3.05, 3.63) is 33.9 Å². The van der Waals surface area contributed by atoms with Crippen LogP contribution in [0.2, 0.25) is 0 Å². The molecule has 2 rings (SSSR count). The van der Waals surface area contributed by atoms with E-state index in [9.17, 15) is 14.9 Å². The molecule has 1 saturated heterocycles. The largest absolute Gasteiger partial charge is 0.310 e. The molecule has 0 aromatic heterocycles. The Balaban J connectivity index is 2.39. The molecular formula is C11H13N3O3. The molecule has 1 aliphatic heterocycles. The van der Waals surface area contributed by atoms with Crippen LogP contribution in [0.3, 0.4) is 0 Å². The van der Waals surface area contributed by atoms with Gasteiger partial charge in [0, 0.05) is 25.2 Å². The quantitative estimate of drug-likeness (QED) is 0.608. The van der Waals surface area contributed by atoms with Crippen LogP contribution in [0.4, 0.5) is 11.4 Å². The number of carbonyl (C=O) groups is 1. The van der Waals surface area contributed by atoms with Crippen LogP contribution in [-0.4, -0.2) is 30.5 Å². The first-order valence-electron chi connectivity index (χ1n) is 5.36. The van der Waals surface area contributed by atoms with Crippen LogP contribution >= 0.6 is 0 Å². The van der Waals surface area contributed by atoms with E-state index in [1.54, 1.807) is 11.0 Å². The van der Waals surface area contributed by atoms with Gasteiger partial charge in [0.25, 0.3) is 5.69 Å². The molecule has 1 aliphatic rings. The normalized spacial score (nSPS) is 16.1. The Labute approximate surface area is 98.4 Å². The Morgan fingerprint density at radius 2 is 2.24 bits per heavy atom. The van der Waals surface area contributed by atoms with Crippen LogP contribution in [0, 0.1) is 17.0 Å². The van der Waals surface area contributed by atoms with Crippen molar-refractivity contribution in [2.24, 2.45) is 0 Å². The highest BCUT2D eigenvalue weighted by atomic mass is 16.6. The van der Waals surface area contributed by atoms with Gasteiger partial charge in [0.05, 0.1) is 17.2 Å². The Kier molecular flexibility index (Phi) is 3.06. The summed E-state index contributed by atoms with van der Waals surface area (Å²) >= 11 is 0. The third-order valence-electron chi connectivity index (χ3n) is 2.78. The van der Waals surface area contributed by atoms with E-state index in [2.05, 4.69) is 5.32 Å². The first kappa shape index (κ1) is 11.5. The molecule has 0 aliphatic carbocycles. The predicted octanol–water partition coefficient (Wildman–Crippen LogP) is 0.839. The van der Waals surface area contributed by atoms with Crippen LogP contribution in [-0.2, 0) is 4.79 Å². The molecule has 0 radical (unpaired) electrons. The number of anilines is 1. The van der Waals surface area contributed by atoms with Gasteiger partial charge in [-0.3, -0.25) is 14.9 Å². The van der Waals surface area contributed by atoms with Gasteiger partial charge in [-0.05, 0) is 12.5 Å². The summed E-state index contributed by atoms with van der Waals surface area (Å²) in [6, 6.07) is 4.58. The number of nitrogens with zero attached hydrogens (tertiary/aromatic N) is 2. The molecule has 0 bridgehead atoms. The summed E-state index contributed by atoms with van der Waals surface area (Å²) in [5, 5.41) is 13.7. The van der Waals surface area contributed by atoms with Crippen LogP contribution in [0.1, 0.15) is 5.56 Å². The number of hydrogen-bond donors (Lipinski definition) is 1. The van der Waals surface area contributed by atoms with Gasteiger partial charge in [-0.2, -0.15) is 0 Å². The topological polar surface area (TPSA) is 75.5 Å². The van der Waals surface area contributed by atoms with Gasteiger partial charge in [-0.1, -0.05) is 6.07 Å². The number of nitro benzene ring substituents is 1. The Morgan fingerprint density at radius 3 is 2.88 bits per heavy atom. The fraction of sp³-hybridized carbons (Fsp3) is 0.364. The molecule has 1 aromatic rings. The van der Waals surface area contributed by atoms with Gasteiger partial charge >= 0.3 is 0 Å². The number of aryl methyl sites for hydroxylation is 1. The lowest BCUT2D eigenvalue weighted by Gasteiger charge is -2.28. The highest BCUT2D eigenvalue weighted by Crippen LogP contribution is 2.26. The van der Waals surface area contributed by atoms with Crippen molar-refractivity contribution in [2.75, 3.05) is 24.5 Å². The smallest absolute Gasteiger partial charge is 0.271 e. The van der Waals surface area contributed by atoms with Gasteiger partial charge < -0.3 is 10.2 Å². The van der Waals surface area contributed by atoms with E-state index < -0.39 is 4.92 Å². The number of carbonyl (C=O) groups excluding carboxylic acids is 1. The van der Waals surface area contributed by atoms with Crippen molar-refractivity contribution in [3.63, 3.8) is 0 Å². The number of piperazine rings is 1. The predicted molar refractivity (Wildman–Crippen MR) is 63.1 cm³/mol. The van der Waals surface area contributed by atoms with E-state index in [1.807, 2.05) is 6.92 Å². The molecule has 1 fully saturated rings. The van der Waals surface area contributed by atoms with Gasteiger partial charge in [0.1, 0.15) is 0 Å². The number of amides is 1. The van der Waals surface area contributed by atoms with Crippen LogP contribution < -0.4 is 10.2 Å². The summed E-state index contributed by atoms with van der Waals surface area (Å²) in [4.78, 5) is 23.6. The highest BCUT2D eigenvalue weighted by molar-refractivity contribution is 5.96. The maximum Gasteiger partial charge on any atom is 0.271 e. The minimum Gasteiger partial charge on any atom is -0.310 e. The van der Waals surface area contributed by atoms with Crippen LogP contribution in [0.25, 0.3) is 0 Å². The molecule has 1 heterocycles. The molecule has 1 aromatic carbocycles. The summed E-state index contributed by atoms with van der Waals surface area (Å²) in [6.07, 6.45) is 0. The lowest BCUT2D eigenvalue weighted by molar-refractivity contribution is -0.384. The van der Waals surface area contributed by atoms with E-state index >= 15 is 0 Å². The van der Waals surface area contributed by atoms with Crippen molar-refractivity contribution < 1.29 is 9.72 Å². The highest BCUT2D eigenvalue weighted by Gasteiger charge is 2.22. The molecule has 6 nitrogen and oxygen atoms in total. The van der Waals surface area contributed by atoms with E-state index in [1.165, 1.54) is 12.1 Å². The first-order chi connectivity index (χ1) is 8.09. The third-order valence-corrected chi connectivity index (χ3v) is 2.78. The second-order valence-corrected chi connectivity index (χ2v) is 3.95. The second-order valence-electron chi connectivity index (χ2n) is 3.95. The SMILES string of the molecule is Cc1ccc([N+](=O)[O-])cc1N1CCNCC1=O. The van der Waals surface area contributed by atoms with E-state index in [0.717, 1.165) is 5.56 Å². The zero-order chi connectivity index (χ0) is 12.4. The average molecular weight is 235 g/mol. The van der Waals surface area contributed by atoms with Gasteiger partial charge in [0.2, 0.25) is 5.91 Å². The number of rotatable bonds is 2. The Morgan fingerprint density at radius 1 is 1.47 bits per heavy atom. The number of hydrogen-bond acceptors (Lipinski definition) is 4. The maximum absolute atomic E-state index is 11.7. The van der Waals surface area contributed by atoms with Crippen molar-refractivity contribution in [1.82, 2.24) is 5.32 Å². The number of nitro groups is 1. The van der Waals surface area contributed by atoms with E-state index in [4.69, 9.17) is 0 Å². The molecule has 1 N–H and O–H groups in total. The van der Waals surface area contributed by atoms with Gasteiger partial charge in [-0.15, -0.1) is 0 Å². The van der Waals surface area contributed by atoms with Crippen molar-refractivity contribution >= 4 is 17.3 Å². The summed E-state index contributed by atoms with van der Waals surface area (Å²) in [7, 11) is 0. The van der Waals surface area contributed by atoms with Crippen molar-refractivity contribution in [3.8, 4) is 0 Å². The third kappa shape index (κ3) is 2.26. The molecule has 0 atom stereocenters. The molecule has 6 heteroatoms. The molecule has 1 amide bonds. The number of nitrogens with one attached hydrogen (secondary N) is 1. The summed E-state index contributed by atoms with van der Waals surface area (Å²) in [5.74, 6) is -0.0557. The molecule has 90 valence electrons. The van der Waals surface area contributed by atoms with E-state index in [-0.39, 0.29) is 18.1 Å². The summed E-state index contributed by atoms with van der Waals surface area (Å²) in [5.41, 5.74) is 1.51. The average Bonchev–Trinajstić information content (AvgIpc) is 2.30. The zero-order valence-electron chi connectivity index (χ0n) is 9.47.